The van der Waals surface area contributed by atoms with E-state index in [0.29, 0.717) is 12.0 Å². The fraction of sp³-hybridized carbons (Fsp3) is 0.318. The summed E-state index contributed by atoms with van der Waals surface area (Å²) in [5.41, 5.74) is 0.180. The topological polar surface area (TPSA) is 64.4 Å². The van der Waals surface area contributed by atoms with Crippen molar-refractivity contribution in [3.05, 3.63) is 70.8 Å². The van der Waals surface area contributed by atoms with Crippen LogP contribution in [-0.4, -0.2) is 47.8 Å². The lowest BCUT2D eigenvalue weighted by atomic mass is 10.1. The monoisotopic (exact) mass is 415 g/mol. The first kappa shape index (κ1) is 21.4. The molecule has 1 fully saturated rings. The van der Waals surface area contributed by atoms with E-state index in [9.17, 15) is 22.8 Å². The second-order valence-corrected chi connectivity index (χ2v) is 7.03. The molecule has 8 heteroatoms. The van der Waals surface area contributed by atoms with Crippen LogP contribution in [0, 0.1) is 11.3 Å². The van der Waals surface area contributed by atoms with Gasteiger partial charge in [0.25, 0.3) is 5.91 Å². The predicted octanol–water partition coefficient (Wildman–Crippen LogP) is 3.49. The summed E-state index contributed by atoms with van der Waals surface area (Å²) in [5, 5.41) is 8.81. The first-order valence-corrected chi connectivity index (χ1v) is 9.52. The fourth-order valence-electron chi connectivity index (χ4n) is 3.40. The van der Waals surface area contributed by atoms with E-state index < -0.39 is 17.6 Å². The van der Waals surface area contributed by atoms with Crippen LogP contribution in [0.15, 0.2) is 48.5 Å². The maximum absolute atomic E-state index is 13.2. The molecule has 2 aromatic rings. The normalized spacial score (nSPS) is 14.3. The largest absolute Gasteiger partial charge is 0.417 e. The van der Waals surface area contributed by atoms with Crippen LogP contribution < -0.4 is 0 Å². The number of hydrogen-bond donors (Lipinski definition) is 0. The number of alkyl halides is 3. The average molecular weight is 415 g/mol. The Morgan fingerprint density at radius 2 is 1.53 bits per heavy atom. The van der Waals surface area contributed by atoms with Crippen molar-refractivity contribution in [1.29, 1.82) is 5.26 Å². The molecule has 0 aromatic heterocycles. The maximum atomic E-state index is 13.2. The average Bonchev–Trinajstić information content (AvgIpc) is 2.77. The van der Waals surface area contributed by atoms with Gasteiger partial charge in [0.05, 0.1) is 22.8 Å². The molecule has 5 nitrogen and oxygen atoms in total. The number of hydrogen-bond acceptors (Lipinski definition) is 3. The van der Waals surface area contributed by atoms with Gasteiger partial charge in [-0.2, -0.15) is 18.4 Å². The smallest absolute Gasteiger partial charge is 0.339 e. The van der Waals surface area contributed by atoms with E-state index >= 15 is 0 Å². The van der Waals surface area contributed by atoms with Gasteiger partial charge in [0, 0.05) is 32.6 Å². The van der Waals surface area contributed by atoms with Gasteiger partial charge in [-0.1, -0.05) is 24.3 Å². The summed E-state index contributed by atoms with van der Waals surface area (Å²) in [6.07, 6.45) is -3.78. The van der Waals surface area contributed by atoms with Gasteiger partial charge in [0.2, 0.25) is 5.91 Å². The third-order valence-corrected chi connectivity index (χ3v) is 5.09. The summed E-state index contributed by atoms with van der Waals surface area (Å²) in [5.74, 6) is -0.741. The van der Waals surface area contributed by atoms with Gasteiger partial charge in [0.15, 0.2) is 0 Å². The Morgan fingerprint density at radius 1 is 0.933 bits per heavy atom. The molecule has 0 saturated carbocycles. The molecule has 156 valence electrons. The first-order chi connectivity index (χ1) is 14.3. The molecule has 1 aliphatic heterocycles. The second kappa shape index (κ2) is 8.99. The first-order valence-electron chi connectivity index (χ1n) is 9.52. The highest BCUT2D eigenvalue weighted by molar-refractivity contribution is 5.96. The molecule has 30 heavy (non-hydrogen) atoms. The molecule has 0 atom stereocenters. The number of nitrogens with zero attached hydrogens (tertiary/aromatic N) is 3. The van der Waals surface area contributed by atoms with E-state index in [1.807, 2.05) is 6.07 Å². The highest BCUT2D eigenvalue weighted by atomic mass is 19.4. The molecule has 1 heterocycles. The van der Waals surface area contributed by atoms with Crippen LogP contribution in [-0.2, 0) is 17.4 Å². The number of nitriles is 1. The summed E-state index contributed by atoms with van der Waals surface area (Å²) in [4.78, 5) is 28.0. The summed E-state index contributed by atoms with van der Waals surface area (Å²) in [6, 6.07) is 13.8. The van der Waals surface area contributed by atoms with Gasteiger partial charge in [-0.3, -0.25) is 9.59 Å². The van der Waals surface area contributed by atoms with Crippen molar-refractivity contribution >= 4 is 11.8 Å². The van der Waals surface area contributed by atoms with E-state index in [2.05, 4.69) is 0 Å². The third-order valence-electron chi connectivity index (χ3n) is 5.09. The molecule has 0 unspecified atom stereocenters. The third kappa shape index (κ3) is 4.98. The Hall–Kier alpha value is -3.34. The molecule has 0 bridgehead atoms. The van der Waals surface area contributed by atoms with Crippen LogP contribution in [0.1, 0.15) is 33.5 Å². The zero-order valence-electron chi connectivity index (χ0n) is 16.2. The van der Waals surface area contributed by atoms with Gasteiger partial charge in [-0.15, -0.1) is 0 Å². The molecule has 2 amide bonds. The quantitative estimate of drug-likeness (QED) is 0.768. The van der Waals surface area contributed by atoms with Crippen LogP contribution in [0.5, 0.6) is 0 Å². The molecule has 2 aromatic carbocycles. The number of halogens is 3. The van der Waals surface area contributed by atoms with E-state index in [1.165, 1.54) is 23.1 Å². The number of rotatable bonds is 4. The van der Waals surface area contributed by atoms with Gasteiger partial charge in [0.1, 0.15) is 0 Å². The molecule has 0 radical (unpaired) electrons. The van der Waals surface area contributed by atoms with Gasteiger partial charge in [-0.25, -0.2) is 0 Å². The highest BCUT2D eigenvalue weighted by Gasteiger charge is 2.36. The lowest BCUT2D eigenvalue weighted by molar-refractivity contribution is -0.138. The summed E-state index contributed by atoms with van der Waals surface area (Å²) in [6.45, 7) is 0.944. The molecule has 1 aliphatic rings. The van der Waals surface area contributed by atoms with Crippen molar-refractivity contribution in [2.45, 2.75) is 19.0 Å². The molecular formula is C22H20F3N3O2. The van der Waals surface area contributed by atoms with E-state index in [0.717, 1.165) is 11.6 Å². The number of amides is 2. The zero-order valence-corrected chi connectivity index (χ0v) is 16.2. The standard InChI is InChI=1S/C22H20F3N3O2/c23-22(24,25)19-4-2-1-3-18(19)21(30)28-13-11-27(12-14-28)20(29)10-9-16-5-7-17(15-26)8-6-16/h1-8H,9-14H2. The van der Waals surface area contributed by atoms with Crippen molar-refractivity contribution in [2.24, 2.45) is 0 Å². The minimum atomic E-state index is -4.60. The van der Waals surface area contributed by atoms with Crippen LogP contribution in [0.2, 0.25) is 0 Å². The second-order valence-electron chi connectivity index (χ2n) is 7.03. The number of carbonyl (C=O) groups is 2. The van der Waals surface area contributed by atoms with E-state index in [-0.39, 0.29) is 44.1 Å². The van der Waals surface area contributed by atoms with Crippen LogP contribution in [0.3, 0.4) is 0 Å². The number of aryl methyl sites for hydroxylation is 1. The van der Waals surface area contributed by atoms with E-state index in [4.69, 9.17) is 5.26 Å². The minimum absolute atomic E-state index is 0.0675. The molecule has 0 aliphatic carbocycles. The Morgan fingerprint density at radius 3 is 2.13 bits per heavy atom. The summed E-state index contributed by atoms with van der Waals surface area (Å²) < 4.78 is 39.5. The van der Waals surface area contributed by atoms with Gasteiger partial charge >= 0.3 is 6.18 Å². The minimum Gasteiger partial charge on any atom is -0.339 e. The fourth-order valence-corrected chi connectivity index (χ4v) is 3.40. The van der Waals surface area contributed by atoms with Crippen LogP contribution in [0.4, 0.5) is 13.2 Å². The Kier molecular flexibility index (Phi) is 6.40. The predicted molar refractivity (Wildman–Crippen MR) is 103 cm³/mol. The number of piperazine rings is 1. The number of carbonyl (C=O) groups excluding carboxylic acids is 2. The van der Waals surface area contributed by atoms with Crippen LogP contribution in [0.25, 0.3) is 0 Å². The Labute approximate surface area is 172 Å². The summed E-state index contributed by atoms with van der Waals surface area (Å²) >= 11 is 0. The van der Waals surface area contributed by atoms with Crippen molar-refractivity contribution in [1.82, 2.24) is 9.80 Å². The molecule has 0 N–H and O–H groups in total. The number of benzene rings is 2. The lowest BCUT2D eigenvalue weighted by Gasteiger charge is -2.35. The Balaban J connectivity index is 1.55. The highest BCUT2D eigenvalue weighted by Crippen LogP contribution is 2.32. The zero-order chi connectivity index (χ0) is 21.7. The van der Waals surface area contributed by atoms with Crippen LogP contribution >= 0.6 is 0 Å². The van der Waals surface area contributed by atoms with Crippen molar-refractivity contribution in [3.8, 4) is 6.07 Å². The molecular weight excluding hydrogens is 395 g/mol. The molecule has 1 saturated heterocycles. The van der Waals surface area contributed by atoms with Crippen molar-refractivity contribution < 1.29 is 22.8 Å². The maximum Gasteiger partial charge on any atom is 0.417 e. The van der Waals surface area contributed by atoms with Gasteiger partial charge < -0.3 is 9.80 Å². The lowest BCUT2D eigenvalue weighted by Crippen LogP contribution is -2.50. The van der Waals surface area contributed by atoms with E-state index in [1.54, 1.807) is 29.2 Å². The molecule has 3 rings (SSSR count). The summed E-state index contributed by atoms with van der Waals surface area (Å²) in [7, 11) is 0. The Bertz CT molecular complexity index is 957. The molecule has 0 spiro atoms. The SMILES string of the molecule is N#Cc1ccc(CCC(=O)N2CCN(C(=O)c3ccccc3C(F)(F)F)CC2)cc1. The van der Waals surface area contributed by atoms with Crippen molar-refractivity contribution in [2.75, 3.05) is 26.2 Å². The van der Waals surface area contributed by atoms with Gasteiger partial charge in [-0.05, 0) is 36.2 Å². The van der Waals surface area contributed by atoms with Crippen molar-refractivity contribution in [3.63, 3.8) is 0 Å².